The molecule has 1 atom stereocenters. The molecule has 2 rings (SSSR count). The monoisotopic (exact) mass is 299 g/mol. The van der Waals surface area contributed by atoms with Gasteiger partial charge >= 0.3 is 0 Å². The fourth-order valence-electron chi connectivity index (χ4n) is 2.07. The van der Waals surface area contributed by atoms with Gasteiger partial charge in [0.25, 0.3) is 0 Å². The van der Waals surface area contributed by atoms with E-state index >= 15 is 0 Å². The van der Waals surface area contributed by atoms with Gasteiger partial charge in [-0.2, -0.15) is 0 Å². The summed E-state index contributed by atoms with van der Waals surface area (Å²) in [7, 11) is 0. The number of rotatable bonds is 6. The lowest BCUT2D eigenvalue weighted by Crippen LogP contribution is -2.31. The van der Waals surface area contributed by atoms with Gasteiger partial charge in [0.05, 0.1) is 5.25 Å². The lowest BCUT2D eigenvalue weighted by atomic mass is 10.2. The van der Waals surface area contributed by atoms with E-state index in [-0.39, 0.29) is 11.2 Å². The standard InChI is InChI=1S/C18H21NOS/c1-3-17(21-16-11-7-8-14(2)12-16)18(20)19-13-15-9-5-4-6-10-15/h4-12,17H,3,13H2,1-2H3,(H,19,20). The minimum absolute atomic E-state index is 0.0458. The van der Waals surface area contributed by atoms with Crippen molar-refractivity contribution in [2.24, 2.45) is 0 Å². The third-order valence-electron chi connectivity index (χ3n) is 3.24. The number of amides is 1. The predicted octanol–water partition coefficient (Wildman–Crippen LogP) is 4.18. The van der Waals surface area contributed by atoms with E-state index in [1.165, 1.54) is 5.56 Å². The van der Waals surface area contributed by atoms with Crippen LogP contribution in [-0.4, -0.2) is 11.2 Å². The van der Waals surface area contributed by atoms with Crippen LogP contribution in [-0.2, 0) is 11.3 Å². The Morgan fingerprint density at radius 1 is 1.14 bits per heavy atom. The van der Waals surface area contributed by atoms with Crippen LogP contribution in [0.15, 0.2) is 59.5 Å². The number of thioether (sulfide) groups is 1. The van der Waals surface area contributed by atoms with E-state index in [0.717, 1.165) is 16.9 Å². The van der Waals surface area contributed by atoms with Crippen molar-refractivity contribution >= 4 is 17.7 Å². The van der Waals surface area contributed by atoms with Crippen LogP contribution in [0.1, 0.15) is 24.5 Å². The number of carbonyl (C=O) groups excluding carboxylic acids is 1. The van der Waals surface area contributed by atoms with Crippen molar-refractivity contribution < 1.29 is 4.79 Å². The molecule has 0 bridgehead atoms. The van der Waals surface area contributed by atoms with Crippen molar-refractivity contribution in [1.82, 2.24) is 5.32 Å². The smallest absolute Gasteiger partial charge is 0.233 e. The highest BCUT2D eigenvalue weighted by Crippen LogP contribution is 2.26. The third kappa shape index (κ3) is 4.94. The average molecular weight is 299 g/mol. The number of hydrogen-bond acceptors (Lipinski definition) is 2. The number of carbonyl (C=O) groups is 1. The first-order chi connectivity index (χ1) is 10.2. The highest BCUT2D eigenvalue weighted by atomic mass is 32.2. The van der Waals surface area contributed by atoms with Crippen LogP contribution in [0.3, 0.4) is 0 Å². The van der Waals surface area contributed by atoms with E-state index in [1.807, 2.05) is 36.4 Å². The molecule has 2 aromatic rings. The normalized spacial score (nSPS) is 11.9. The first-order valence-electron chi connectivity index (χ1n) is 7.24. The Labute approximate surface area is 131 Å². The zero-order valence-corrected chi connectivity index (χ0v) is 13.3. The molecule has 0 aliphatic rings. The van der Waals surface area contributed by atoms with Gasteiger partial charge in [-0.15, -0.1) is 11.8 Å². The Hall–Kier alpha value is -1.74. The number of aryl methyl sites for hydroxylation is 1. The van der Waals surface area contributed by atoms with Gasteiger partial charge in [-0.1, -0.05) is 55.0 Å². The Morgan fingerprint density at radius 2 is 1.90 bits per heavy atom. The van der Waals surface area contributed by atoms with Crippen LogP contribution in [0.4, 0.5) is 0 Å². The lowest BCUT2D eigenvalue weighted by Gasteiger charge is -2.15. The minimum atomic E-state index is -0.0458. The molecule has 0 aromatic heterocycles. The van der Waals surface area contributed by atoms with E-state index in [1.54, 1.807) is 11.8 Å². The van der Waals surface area contributed by atoms with Gasteiger partial charge < -0.3 is 5.32 Å². The zero-order chi connectivity index (χ0) is 15.1. The second kappa shape index (κ2) is 7.89. The fraction of sp³-hybridized carbons (Fsp3) is 0.278. The van der Waals surface area contributed by atoms with Crippen molar-refractivity contribution in [3.05, 3.63) is 65.7 Å². The summed E-state index contributed by atoms with van der Waals surface area (Å²) < 4.78 is 0. The topological polar surface area (TPSA) is 29.1 Å². The maximum Gasteiger partial charge on any atom is 0.233 e. The summed E-state index contributed by atoms with van der Waals surface area (Å²) in [5, 5.41) is 2.98. The van der Waals surface area contributed by atoms with Crippen molar-refractivity contribution in [3.63, 3.8) is 0 Å². The molecular formula is C18H21NOS. The molecular weight excluding hydrogens is 278 g/mol. The van der Waals surface area contributed by atoms with E-state index in [9.17, 15) is 4.79 Å². The molecule has 1 N–H and O–H groups in total. The van der Waals surface area contributed by atoms with Crippen LogP contribution in [0.2, 0.25) is 0 Å². The molecule has 3 heteroatoms. The SMILES string of the molecule is CCC(Sc1cccc(C)c1)C(=O)NCc1ccccc1. The number of hydrogen-bond donors (Lipinski definition) is 1. The summed E-state index contributed by atoms with van der Waals surface area (Å²) in [5.74, 6) is 0.104. The van der Waals surface area contributed by atoms with Crippen molar-refractivity contribution in [2.75, 3.05) is 0 Å². The zero-order valence-electron chi connectivity index (χ0n) is 12.5. The molecule has 0 saturated heterocycles. The van der Waals surface area contributed by atoms with Gasteiger partial charge in [0.1, 0.15) is 0 Å². The quantitative estimate of drug-likeness (QED) is 0.811. The van der Waals surface area contributed by atoms with Gasteiger partial charge in [0.15, 0.2) is 0 Å². The van der Waals surface area contributed by atoms with Gasteiger partial charge in [-0.05, 0) is 31.0 Å². The van der Waals surface area contributed by atoms with Gasteiger partial charge in [-0.25, -0.2) is 0 Å². The highest BCUT2D eigenvalue weighted by molar-refractivity contribution is 8.00. The Bertz CT molecular complexity index is 583. The number of benzene rings is 2. The Balaban J connectivity index is 1.92. The first kappa shape index (κ1) is 15.6. The molecule has 1 amide bonds. The fourth-order valence-corrected chi connectivity index (χ4v) is 3.17. The molecule has 2 nitrogen and oxygen atoms in total. The summed E-state index contributed by atoms with van der Waals surface area (Å²) in [6, 6.07) is 18.3. The maximum absolute atomic E-state index is 12.3. The maximum atomic E-state index is 12.3. The predicted molar refractivity (Wildman–Crippen MR) is 89.4 cm³/mol. The minimum Gasteiger partial charge on any atom is -0.351 e. The van der Waals surface area contributed by atoms with Crippen molar-refractivity contribution in [2.45, 2.75) is 37.0 Å². The Kier molecular flexibility index (Phi) is 5.88. The molecule has 0 radical (unpaired) electrons. The second-order valence-electron chi connectivity index (χ2n) is 5.03. The lowest BCUT2D eigenvalue weighted by molar-refractivity contribution is -0.120. The third-order valence-corrected chi connectivity index (χ3v) is 4.60. The largest absolute Gasteiger partial charge is 0.351 e. The van der Waals surface area contributed by atoms with Crippen LogP contribution < -0.4 is 5.32 Å². The molecule has 2 aromatic carbocycles. The average Bonchev–Trinajstić information content (AvgIpc) is 2.51. The first-order valence-corrected chi connectivity index (χ1v) is 8.12. The van der Waals surface area contributed by atoms with Gasteiger partial charge in [0, 0.05) is 11.4 Å². The van der Waals surface area contributed by atoms with Gasteiger partial charge in [0.2, 0.25) is 5.91 Å². The molecule has 0 heterocycles. The van der Waals surface area contributed by atoms with Crippen LogP contribution >= 0.6 is 11.8 Å². The van der Waals surface area contributed by atoms with Crippen molar-refractivity contribution in [3.8, 4) is 0 Å². The summed E-state index contributed by atoms with van der Waals surface area (Å²) >= 11 is 1.63. The molecule has 1 unspecified atom stereocenters. The van der Waals surface area contributed by atoms with Crippen LogP contribution in [0.25, 0.3) is 0 Å². The highest BCUT2D eigenvalue weighted by Gasteiger charge is 2.17. The summed E-state index contributed by atoms with van der Waals surface area (Å²) in [6.45, 7) is 4.71. The second-order valence-corrected chi connectivity index (χ2v) is 6.31. The molecule has 0 aliphatic carbocycles. The van der Waals surface area contributed by atoms with E-state index in [2.05, 4.69) is 37.4 Å². The summed E-state index contributed by atoms with van der Waals surface area (Å²) in [5.41, 5.74) is 2.35. The van der Waals surface area contributed by atoms with E-state index in [0.29, 0.717) is 6.54 Å². The summed E-state index contributed by atoms with van der Waals surface area (Å²) in [6.07, 6.45) is 0.819. The molecule has 0 saturated carbocycles. The number of nitrogens with one attached hydrogen (secondary N) is 1. The molecule has 110 valence electrons. The summed E-state index contributed by atoms with van der Waals surface area (Å²) in [4.78, 5) is 13.5. The van der Waals surface area contributed by atoms with Crippen molar-refractivity contribution in [1.29, 1.82) is 0 Å². The van der Waals surface area contributed by atoms with Crippen LogP contribution in [0.5, 0.6) is 0 Å². The van der Waals surface area contributed by atoms with Crippen LogP contribution in [0, 0.1) is 6.92 Å². The molecule has 0 aliphatic heterocycles. The molecule has 21 heavy (non-hydrogen) atoms. The van der Waals surface area contributed by atoms with Gasteiger partial charge in [-0.3, -0.25) is 4.79 Å². The Morgan fingerprint density at radius 3 is 2.57 bits per heavy atom. The van der Waals surface area contributed by atoms with E-state index in [4.69, 9.17) is 0 Å². The molecule has 0 fully saturated rings. The van der Waals surface area contributed by atoms with E-state index < -0.39 is 0 Å². The molecule has 0 spiro atoms.